The van der Waals surface area contributed by atoms with Crippen LogP contribution in [0.2, 0.25) is 0 Å². The van der Waals surface area contributed by atoms with E-state index in [2.05, 4.69) is 82.1 Å². The topological polar surface area (TPSA) is 86.9 Å². The van der Waals surface area contributed by atoms with Crippen molar-refractivity contribution in [2.24, 2.45) is 10.2 Å². The number of hydrogen-bond donors (Lipinski definition) is 2. The van der Waals surface area contributed by atoms with Gasteiger partial charge in [0, 0.05) is 41.5 Å². The summed E-state index contributed by atoms with van der Waals surface area (Å²) in [7, 11) is 0. The molecule has 6 rings (SSSR count). The molecular formula is C28H35N7O. The third-order valence-electron chi connectivity index (χ3n) is 8.20. The van der Waals surface area contributed by atoms with Crippen molar-refractivity contribution in [2.75, 3.05) is 19.6 Å². The molecule has 0 bridgehead atoms. The lowest BCUT2D eigenvalue weighted by molar-refractivity contribution is -0.120. The number of rotatable bonds is 6. The van der Waals surface area contributed by atoms with E-state index in [1.165, 1.54) is 25.9 Å². The smallest absolute Gasteiger partial charge is 0.250 e. The summed E-state index contributed by atoms with van der Waals surface area (Å²) in [6, 6.07) is 8.59. The molecule has 8 nitrogen and oxygen atoms in total. The molecule has 5 heterocycles. The summed E-state index contributed by atoms with van der Waals surface area (Å²) in [5.41, 5.74) is 5.22. The van der Waals surface area contributed by atoms with Gasteiger partial charge >= 0.3 is 0 Å². The number of carbonyl (C=O) groups is 1. The number of aromatic nitrogens is 2. The molecule has 1 unspecified atom stereocenters. The van der Waals surface area contributed by atoms with E-state index >= 15 is 0 Å². The zero-order valence-corrected chi connectivity index (χ0v) is 21.4. The van der Waals surface area contributed by atoms with Crippen LogP contribution in [0.3, 0.4) is 0 Å². The molecule has 2 aromatic rings. The van der Waals surface area contributed by atoms with Crippen LogP contribution in [0.5, 0.6) is 0 Å². The van der Waals surface area contributed by atoms with Gasteiger partial charge in [-0.2, -0.15) is 15.3 Å². The Balaban J connectivity index is 1.38. The molecule has 4 aliphatic rings. The van der Waals surface area contributed by atoms with Crippen molar-refractivity contribution in [3.05, 3.63) is 65.3 Å². The molecule has 1 saturated heterocycles. The molecule has 0 aliphatic carbocycles. The van der Waals surface area contributed by atoms with Gasteiger partial charge in [-0.25, -0.2) is 0 Å². The first-order chi connectivity index (χ1) is 17.4. The van der Waals surface area contributed by atoms with E-state index in [9.17, 15) is 4.79 Å². The number of carbonyl (C=O) groups excluding carboxylic acids is 1. The van der Waals surface area contributed by atoms with Gasteiger partial charge in [-0.05, 0) is 63.4 Å². The standard InChI is InChI=1S/C28H35N7O/c1-4-28(22-17-29-33-25(22)31-23-15-27(2,3)32-26(36)24(23)28)21-9-7-8-19(14-21)20-16-30-35(18-20)13-12-34-10-5-6-11-34/h7-9,14,16-18,25,31H,4-6,10-13,15H2,1-3H3,(H,32,36)/t25?,28-/m1/s1. The number of amides is 1. The summed E-state index contributed by atoms with van der Waals surface area (Å²) < 4.78 is 2.05. The predicted octanol–water partition coefficient (Wildman–Crippen LogP) is 4.13. The lowest BCUT2D eigenvalue weighted by atomic mass is 9.62. The molecule has 0 saturated carbocycles. The summed E-state index contributed by atoms with van der Waals surface area (Å²) in [5, 5.41) is 20.1. The minimum atomic E-state index is -0.586. The van der Waals surface area contributed by atoms with E-state index < -0.39 is 5.41 Å². The fourth-order valence-corrected chi connectivity index (χ4v) is 6.46. The largest absolute Gasteiger partial charge is 0.362 e. The first-order valence-electron chi connectivity index (χ1n) is 13.2. The van der Waals surface area contributed by atoms with E-state index in [4.69, 9.17) is 0 Å². The number of nitrogens with one attached hydrogen (secondary N) is 2. The van der Waals surface area contributed by atoms with Gasteiger partial charge < -0.3 is 15.5 Å². The van der Waals surface area contributed by atoms with Crippen molar-refractivity contribution in [1.82, 2.24) is 25.3 Å². The molecule has 1 amide bonds. The molecular weight excluding hydrogens is 450 g/mol. The summed E-state index contributed by atoms with van der Waals surface area (Å²) >= 11 is 0. The molecule has 0 radical (unpaired) electrons. The van der Waals surface area contributed by atoms with Crippen molar-refractivity contribution in [1.29, 1.82) is 0 Å². The Morgan fingerprint density at radius 2 is 1.97 bits per heavy atom. The van der Waals surface area contributed by atoms with E-state index in [-0.39, 0.29) is 17.6 Å². The zero-order valence-electron chi connectivity index (χ0n) is 21.4. The summed E-state index contributed by atoms with van der Waals surface area (Å²) in [6.45, 7) is 10.6. The van der Waals surface area contributed by atoms with Crippen LogP contribution in [0.15, 0.2) is 69.9 Å². The van der Waals surface area contributed by atoms with Crippen LogP contribution in [0.1, 0.15) is 52.0 Å². The van der Waals surface area contributed by atoms with Gasteiger partial charge in [0.25, 0.3) is 5.91 Å². The second-order valence-corrected chi connectivity index (χ2v) is 11.1. The van der Waals surface area contributed by atoms with Crippen molar-refractivity contribution in [2.45, 2.75) is 70.1 Å². The van der Waals surface area contributed by atoms with Crippen molar-refractivity contribution >= 4 is 5.91 Å². The maximum Gasteiger partial charge on any atom is 0.250 e. The van der Waals surface area contributed by atoms with Gasteiger partial charge in [-0.1, -0.05) is 25.1 Å². The monoisotopic (exact) mass is 485 g/mol. The fraction of sp³-hybridized carbons (Fsp3) is 0.500. The highest BCUT2D eigenvalue weighted by Gasteiger charge is 2.53. The third kappa shape index (κ3) is 3.79. The second kappa shape index (κ2) is 8.69. The molecule has 2 N–H and O–H groups in total. The number of nitrogens with zero attached hydrogens (tertiary/aromatic N) is 5. The minimum Gasteiger partial charge on any atom is -0.362 e. The fourth-order valence-electron chi connectivity index (χ4n) is 6.46. The van der Waals surface area contributed by atoms with Gasteiger partial charge in [0.15, 0.2) is 6.17 Å². The van der Waals surface area contributed by atoms with E-state index in [0.29, 0.717) is 0 Å². The summed E-state index contributed by atoms with van der Waals surface area (Å²) in [4.78, 5) is 16.1. The minimum absolute atomic E-state index is 0.0121. The molecule has 1 aromatic heterocycles. The molecule has 0 spiro atoms. The van der Waals surface area contributed by atoms with Gasteiger partial charge in [-0.3, -0.25) is 9.48 Å². The molecule has 36 heavy (non-hydrogen) atoms. The highest BCUT2D eigenvalue weighted by Crippen LogP contribution is 2.51. The van der Waals surface area contributed by atoms with Crippen molar-refractivity contribution in [3.63, 3.8) is 0 Å². The Labute approximate surface area is 212 Å². The molecule has 1 aromatic carbocycles. The van der Waals surface area contributed by atoms with Crippen molar-refractivity contribution < 1.29 is 4.79 Å². The third-order valence-corrected chi connectivity index (χ3v) is 8.20. The molecule has 1 fully saturated rings. The highest BCUT2D eigenvalue weighted by molar-refractivity contribution is 6.00. The Kier molecular flexibility index (Phi) is 5.59. The lowest BCUT2D eigenvalue weighted by Crippen LogP contribution is -2.58. The summed E-state index contributed by atoms with van der Waals surface area (Å²) in [6.07, 6.45) is 9.79. The van der Waals surface area contributed by atoms with Gasteiger partial charge in [0.2, 0.25) is 0 Å². The Bertz CT molecular complexity index is 1280. The van der Waals surface area contributed by atoms with E-state index in [1.807, 2.05) is 17.1 Å². The highest BCUT2D eigenvalue weighted by atomic mass is 16.2. The van der Waals surface area contributed by atoms with Gasteiger partial charge in [0.05, 0.1) is 29.9 Å². The first kappa shape index (κ1) is 23.2. The Morgan fingerprint density at radius 1 is 1.14 bits per heavy atom. The molecule has 8 heteroatoms. The van der Waals surface area contributed by atoms with Crippen molar-refractivity contribution in [3.8, 4) is 11.1 Å². The maximum atomic E-state index is 13.6. The second-order valence-electron chi connectivity index (χ2n) is 11.1. The number of likely N-dealkylation sites (tertiary alicyclic amines) is 1. The Hall–Kier alpha value is -3.26. The maximum absolute atomic E-state index is 13.6. The van der Waals surface area contributed by atoms with Crippen LogP contribution in [0.4, 0.5) is 0 Å². The van der Waals surface area contributed by atoms with Crippen LogP contribution in [0, 0.1) is 0 Å². The SMILES string of the molecule is CC[C@@]1(c2cccc(-c3cnn(CCN4CCCC4)c3)c2)C2=CN=NC2NC2=C1C(=O)NC(C)(C)C2. The van der Waals surface area contributed by atoms with Gasteiger partial charge in [-0.15, -0.1) is 0 Å². The number of benzene rings is 1. The normalized spacial score (nSPS) is 26.9. The zero-order chi connectivity index (χ0) is 24.9. The van der Waals surface area contributed by atoms with Gasteiger partial charge in [0.1, 0.15) is 0 Å². The first-order valence-corrected chi connectivity index (χ1v) is 13.2. The average molecular weight is 486 g/mol. The van der Waals surface area contributed by atoms with Crippen LogP contribution < -0.4 is 10.6 Å². The lowest BCUT2D eigenvalue weighted by Gasteiger charge is -2.48. The van der Waals surface area contributed by atoms with Crippen LogP contribution in [-0.4, -0.2) is 51.9 Å². The number of azo groups is 1. The number of fused-ring (bicyclic) bond motifs is 1. The molecule has 4 aliphatic heterocycles. The van der Waals surface area contributed by atoms with Crippen LogP contribution >= 0.6 is 0 Å². The Morgan fingerprint density at radius 3 is 2.78 bits per heavy atom. The van der Waals surface area contributed by atoms with Crippen LogP contribution in [0.25, 0.3) is 11.1 Å². The molecule has 2 atom stereocenters. The number of hydrogen-bond acceptors (Lipinski definition) is 6. The average Bonchev–Trinajstić information content (AvgIpc) is 3.62. The quantitative estimate of drug-likeness (QED) is 0.644. The summed E-state index contributed by atoms with van der Waals surface area (Å²) in [5.74, 6) is -0.0121. The van der Waals surface area contributed by atoms with E-state index in [0.717, 1.165) is 59.5 Å². The predicted molar refractivity (Wildman–Crippen MR) is 139 cm³/mol. The van der Waals surface area contributed by atoms with Crippen LogP contribution in [-0.2, 0) is 16.8 Å². The van der Waals surface area contributed by atoms with E-state index in [1.54, 1.807) is 0 Å². The molecule has 188 valence electrons.